The molecule has 3 rings (SSSR count). The molecule has 1 fully saturated rings. The van der Waals surface area contributed by atoms with Crippen LogP contribution >= 0.6 is 0 Å². The van der Waals surface area contributed by atoms with E-state index in [1.54, 1.807) is 12.4 Å². The molecule has 1 saturated heterocycles. The first-order valence-electron chi connectivity index (χ1n) is 7.78. The minimum Gasteiger partial charge on any atom is -0.338 e. The van der Waals surface area contributed by atoms with Crippen LogP contribution in [0.25, 0.3) is 0 Å². The number of hydrogen-bond donors (Lipinski definition) is 0. The van der Waals surface area contributed by atoms with E-state index in [0.29, 0.717) is 6.04 Å². The lowest BCUT2D eigenvalue weighted by molar-refractivity contribution is 0.0692. The number of imidazole rings is 1. The summed E-state index contributed by atoms with van der Waals surface area (Å²) in [6.45, 7) is 7.67. The summed E-state index contributed by atoms with van der Waals surface area (Å²) in [7, 11) is 0. The molecule has 116 valence electrons. The lowest BCUT2D eigenvalue weighted by Gasteiger charge is -2.34. The number of carbonyl (C=O) groups is 1. The van der Waals surface area contributed by atoms with Crippen molar-refractivity contribution in [2.24, 2.45) is 0 Å². The summed E-state index contributed by atoms with van der Waals surface area (Å²) in [5, 5.41) is 0. The Bertz CT molecular complexity index is 664. The van der Waals surface area contributed by atoms with Gasteiger partial charge in [-0.3, -0.25) is 9.78 Å². The van der Waals surface area contributed by atoms with E-state index in [0.717, 1.165) is 42.9 Å². The van der Waals surface area contributed by atoms with Gasteiger partial charge in [-0.2, -0.15) is 0 Å². The second kappa shape index (κ2) is 5.91. The Morgan fingerprint density at radius 2 is 1.91 bits per heavy atom. The molecule has 0 atom stereocenters. The summed E-state index contributed by atoms with van der Waals surface area (Å²) in [5.41, 5.74) is 2.91. The van der Waals surface area contributed by atoms with Gasteiger partial charge in [0.15, 0.2) is 0 Å². The van der Waals surface area contributed by atoms with Gasteiger partial charge in [-0.15, -0.1) is 0 Å². The molecule has 0 unspecified atom stereocenters. The van der Waals surface area contributed by atoms with Gasteiger partial charge in [0.2, 0.25) is 0 Å². The van der Waals surface area contributed by atoms with E-state index >= 15 is 0 Å². The molecular weight excluding hydrogens is 276 g/mol. The molecule has 5 heteroatoms. The number of pyridine rings is 1. The van der Waals surface area contributed by atoms with Crippen molar-refractivity contribution < 1.29 is 4.79 Å². The number of rotatable bonds is 2. The van der Waals surface area contributed by atoms with Gasteiger partial charge in [0.05, 0.1) is 5.56 Å². The lowest BCUT2D eigenvalue weighted by Crippen LogP contribution is -2.39. The van der Waals surface area contributed by atoms with E-state index < -0.39 is 0 Å². The zero-order valence-electron chi connectivity index (χ0n) is 13.4. The number of aryl methyl sites for hydroxylation is 3. The molecule has 0 N–H and O–H groups in total. The predicted octanol–water partition coefficient (Wildman–Crippen LogP) is 2.68. The van der Waals surface area contributed by atoms with Crippen LogP contribution in [0.15, 0.2) is 24.7 Å². The van der Waals surface area contributed by atoms with Gasteiger partial charge in [-0.25, -0.2) is 4.98 Å². The number of amides is 1. The van der Waals surface area contributed by atoms with Crippen LogP contribution in [0.5, 0.6) is 0 Å². The number of nitrogens with zero attached hydrogens (tertiary/aromatic N) is 4. The first-order valence-corrected chi connectivity index (χ1v) is 7.78. The zero-order valence-corrected chi connectivity index (χ0v) is 13.4. The number of piperidine rings is 1. The second-order valence-corrected chi connectivity index (χ2v) is 6.03. The van der Waals surface area contributed by atoms with Gasteiger partial charge in [0.25, 0.3) is 5.91 Å². The van der Waals surface area contributed by atoms with Crippen LogP contribution in [-0.4, -0.2) is 38.4 Å². The third-order valence-corrected chi connectivity index (χ3v) is 4.55. The smallest absolute Gasteiger partial charge is 0.255 e. The topological polar surface area (TPSA) is 51.0 Å². The van der Waals surface area contributed by atoms with E-state index in [2.05, 4.69) is 21.5 Å². The van der Waals surface area contributed by atoms with Crippen LogP contribution < -0.4 is 0 Å². The molecule has 0 saturated carbocycles. The third kappa shape index (κ3) is 2.63. The maximum Gasteiger partial charge on any atom is 0.255 e. The van der Waals surface area contributed by atoms with Gasteiger partial charge < -0.3 is 9.47 Å². The van der Waals surface area contributed by atoms with Crippen molar-refractivity contribution in [2.45, 2.75) is 39.7 Å². The van der Waals surface area contributed by atoms with Crippen molar-refractivity contribution in [3.05, 3.63) is 47.3 Å². The Labute approximate surface area is 131 Å². The van der Waals surface area contributed by atoms with Crippen molar-refractivity contribution in [2.75, 3.05) is 13.1 Å². The van der Waals surface area contributed by atoms with Gasteiger partial charge in [-0.05, 0) is 45.2 Å². The minimum atomic E-state index is 0.100. The van der Waals surface area contributed by atoms with E-state index in [9.17, 15) is 4.79 Å². The highest BCUT2D eigenvalue weighted by Gasteiger charge is 2.26. The average molecular weight is 298 g/mol. The van der Waals surface area contributed by atoms with E-state index in [4.69, 9.17) is 0 Å². The van der Waals surface area contributed by atoms with Gasteiger partial charge in [-0.1, -0.05) is 0 Å². The quantitative estimate of drug-likeness (QED) is 0.856. The largest absolute Gasteiger partial charge is 0.338 e. The molecule has 0 bridgehead atoms. The Morgan fingerprint density at radius 1 is 1.18 bits per heavy atom. The number of hydrogen-bond acceptors (Lipinski definition) is 3. The molecule has 5 nitrogen and oxygen atoms in total. The van der Waals surface area contributed by atoms with Gasteiger partial charge in [0, 0.05) is 43.4 Å². The Kier molecular flexibility index (Phi) is 3.96. The van der Waals surface area contributed by atoms with Crippen LogP contribution in [0.2, 0.25) is 0 Å². The Morgan fingerprint density at radius 3 is 2.50 bits per heavy atom. The van der Waals surface area contributed by atoms with Crippen molar-refractivity contribution in [1.82, 2.24) is 19.4 Å². The zero-order chi connectivity index (χ0) is 15.7. The van der Waals surface area contributed by atoms with Crippen LogP contribution in [0.4, 0.5) is 0 Å². The van der Waals surface area contributed by atoms with E-state index in [1.165, 1.54) is 5.69 Å². The van der Waals surface area contributed by atoms with Crippen molar-refractivity contribution in [1.29, 1.82) is 0 Å². The van der Waals surface area contributed by atoms with E-state index in [1.807, 2.05) is 31.0 Å². The van der Waals surface area contributed by atoms with Crippen LogP contribution in [0.1, 0.15) is 46.3 Å². The summed E-state index contributed by atoms with van der Waals surface area (Å²) >= 11 is 0. The molecule has 3 heterocycles. The summed E-state index contributed by atoms with van der Waals surface area (Å²) in [5.74, 6) is 1.16. The van der Waals surface area contributed by atoms with Crippen molar-refractivity contribution in [3.8, 4) is 0 Å². The monoisotopic (exact) mass is 298 g/mol. The number of likely N-dealkylation sites (tertiary alicyclic amines) is 1. The molecule has 2 aromatic rings. The summed E-state index contributed by atoms with van der Waals surface area (Å²) in [6, 6.07) is 2.33. The average Bonchev–Trinajstić information content (AvgIpc) is 2.86. The normalized spacial score (nSPS) is 16.0. The molecule has 1 aliphatic rings. The number of aromatic nitrogens is 3. The second-order valence-electron chi connectivity index (χ2n) is 6.03. The highest BCUT2D eigenvalue weighted by Crippen LogP contribution is 2.26. The molecule has 0 spiro atoms. The SMILES string of the molecule is Cc1ccncc1C(=O)N1CCC(n2c(C)cnc2C)CC1. The Hall–Kier alpha value is -2.17. The summed E-state index contributed by atoms with van der Waals surface area (Å²) < 4.78 is 2.30. The molecule has 0 radical (unpaired) electrons. The fourth-order valence-electron chi connectivity index (χ4n) is 3.30. The van der Waals surface area contributed by atoms with Crippen LogP contribution in [0, 0.1) is 20.8 Å². The summed E-state index contributed by atoms with van der Waals surface area (Å²) in [6.07, 6.45) is 7.27. The molecule has 1 amide bonds. The maximum atomic E-state index is 12.6. The molecule has 0 aromatic carbocycles. The fraction of sp³-hybridized carbons (Fsp3) is 0.471. The maximum absolute atomic E-state index is 12.6. The standard InChI is InChI=1S/C17H22N4O/c1-12-4-7-18-11-16(12)17(22)20-8-5-15(6-9-20)21-13(2)10-19-14(21)3/h4,7,10-11,15H,5-6,8-9H2,1-3H3. The molecule has 22 heavy (non-hydrogen) atoms. The first-order chi connectivity index (χ1) is 10.6. The van der Waals surface area contributed by atoms with Gasteiger partial charge in [0.1, 0.15) is 5.82 Å². The molecule has 1 aliphatic heterocycles. The third-order valence-electron chi connectivity index (χ3n) is 4.55. The van der Waals surface area contributed by atoms with Gasteiger partial charge >= 0.3 is 0 Å². The minimum absolute atomic E-state index is 0.100. The highest BCUT2D eigenvalue weighted by molar-refractivity contribution is 5.95. The molecular formula is C17H22N4O. The lowest BCUT2D eigenvalue weighted by atomic mass is 10.0. The van der Waals surface area contributed by atoms with Crippen molar-refractivity contribution >= 4 is 5.91 Å². The van der Waals surface area contributed by atoms with Crippen LogP contribution in [-0.2, 0) is 0 Å². The number of carbonyl (C=O) groups excluding carboxylic acids is 1. The summed E-state index contributed by atoms with van der Waals surface area (Å²) in [4.78, 5) is 23.0. The fourth-order valence-corrected chi connectivity index (χ4v) is 3.30. The molecule has 0 aliphatic carbocycles. The Balaban J connectivity index is 1.70. The van der Waals surface area contributed by atoms with Crippen molar-refractivity contribution in [3.63, 3.8) is 0 Å². The molecule has 2 aromatic heterocycles. The predicted molar refractivity (Wildman–Crippen MR) is 84.8 cm³/mol. The highest BCUT2D eigenvalue weighted by atomic mass is 16.2. The van der Waals surface area contributed by atoms with Crippen LogP contribution in [0.3, 0.4) is 0 Å². The first kappa shape index (κ1) is 14.8. The van der Waals surface area contributed by atoms with E-state index in [-0.39, 0.29) is 5.91 Å².